The average molecular weight is 372 g/mol. The molecular weight excluding hydrogens is 348 g/mol. The number of hydrogen-bond donors (Lipinski definition) is 2. The number of carbonyl (C=O) groups excluding carboxylic acids is 2. The first-order valence-electron chi connectivity index (χ1n) is 8.92. The standard InChI is InChI=1S/C19H24N4O2S/c1-14-7-3-4-8-16(14)18(25)20-11-17(24)22-19-21-15(13-26-19)12-23-9-5-2-6-10-23/h3-4,7-8,13H,2,5-6,9-12H2,1H3,(H,20,25)(H,21,22,24). The number of anilines is 1. The topological polar surface area (TPSA) is 74.3 Å². The monoisotopic (exact) mass is 372 g/mol. The van der Waals surface area contributed by atoms with E-state index in [1.165, 1.54) is 30.6 Å². The lowest BCUT2D eigenvalue weighted by Crippen LogP contribution is -2.33. The van der Waals surface area contributed by atoms with Crippen LogP contribution in [0, 0.1) is 6.92 Å². The van der Waals surface area contributed by atoms with Gasteiger partial charge in [-0.25, -0.2) is 4.98 Å². The average Bonchev–Trinajstić information content (AvgIpc) is 3.07. The molecule has 1 aromatic carbocycles. The Kier molecular flexibility index (Phi) is 6.35. The summed E-state index contributed by atoms with van der Waals surface area (Å²) in [6.45, 7) is 4.85. The number of nitrogens with one attached hydrogen (secondary N) is 2. The molecule has 2 amide bonds. The Morgan fingerprint density at radius 2 is 1.96 bits per heavy atom. The Labute approximate surface area is 157 Å². The fourth-order valence-corrected chi connectivity index (χ4v) is 3.75. The minimum Gasteiger partial charge on any atom is -0.343 e. The van der Waals surface area contributed by atoms with E-state index in [0.717, 1.165) is 30.9 Å². The van der Waals surface area contributed by atoms with E-state index in [1.54, 1.807) is 12.1 Å². The van der Waals surface area contributed by atoms with Crippen LogP contribution < -0.4 is 10.6 Å². The van der Waals surface area contributed by atoms with Gasteiger partial charge in [0.15, 0.2) is 5.13 Å². The molecule has 2 heterocycles. The number of nitrogens with zero attached hydrogens (tertiary/aromatic N) is 2. The van der Waals surface area contributed by atoms with Crippen LogP contribution in [0.4, 0.5) is 5.13 Å². The minimum atomic E-state index is -0.272. The highest BCUT2D eigenvalue weighted by Crippen LogP contribution is 2.18. The molecule has 1 aromatic heterocycles. The Bertz CT molecular complexity index is 768. The summed E-state index contributed by atoms with van der Waals surface area (Å²) >= 11 is 1.42. The number of likely N-dealkylation sites (tertiary alicyclic amines) is 1. The van der Waals surface area contributed by atoms with E-state index >= 15 is 0 Å². The molecule has 26 heavy (non-hydrogen) atoms. The maximum atomic E-state index is 12.1. The van der Waals surface area contributed by atoms with Gasteiger partial charge in [0.2, 0.25) is 5.91 Å². The van der Waals surface area contributed by atoms with Gasteiger partial charge in [0, 0.05) is 17.5 Å². The summed E-state index contributed by atoms with van der Waals surface area (Å²) in [4.78, 5) is 31.1. The smallest absolute Gasteiger partial charge is 0.251 e. The predicted molar refractivity (Wildman–Crippen MR) is 103 cm³/mol. The summed E-state index contributed by atoms with van der Waals surface area (Å²) in [7, 11) is 0. The number of piperidine rings is 1. The molecule has 7 heteroatoms. The summed E-state index contributed by atoms with van der Waals surface area (Å²) in [6, 6.07) is 7.30. The van der Waals surface area contributed by atoms with Gasteiger partial charge < -0.3 is 10.6 Å². The van der Waals surface area contributed by atoms with Crippen molar-refractivity contribution in [3.8, 4) is 0 Å². The van der Waals surface area contributed by atoms with Crippen LogP contribution >= 0.6 is 11.3 Å². The van der Waals surface area contributed by atoms with Gasteiger partial charge in [0.05, 0.1) is 12.2 Å². The molecule has 1 aliphatic rings. The molecular formula is C19H24N4O2S. The molecule has 1 aliphatic heterocycles. The molecule has 2 aromatic rings. The van der Waals surface area contributed by atoms with Gasteiger partial charge in [-0.1, -0.05) is 24.6 Å². The van der Waals surface area contributed by atoms with Crippen molar-refractivity contribution in [2.45, 2.75) is 32.7 Å². The third-order valence-electron chi connectivity index (χ3n) is 4.43. The first-order valence-corrected chi connectivity index (χ1v) is 9.80. The SMILES string of the molecule is Cc1ccccc1C(=O)NCC(=O)Nc1nc(CN2CCCCC2)cs1. The van der Waals surface area contributed by atoms with Gasteiger partial charge in [-0.3, -0.25) is 14.5 Å². The summed E-state index contributed by atoms with van der Waals surface area (Å²) in [5, 5.41) is 7.96. The van der Waals surface area contributed by atoms with E-state index in [4.69, 9.17) is 0 Å². The number of benzene rings is 1. The van der Waals surface area contributed by atoms with Gasteiger partial charge in [-0.05, 0) is 44.5 Å². The molecule has 3 rings (SSSR count). The zero-order valence-electron chi connectivity index (χ0n) is 15.0. The number of hydrogen-bond acceptors (Lipinski definition) is 5. The lowest BCUT2D eigenvalue weighted by Gasteiger charge is -2.25. The highest BCUT2D eigenvalue weighted by molar-refractivity contribution is 7.13. The molecule has 0 spiro atoms. The third-order valence-corrected chi connectivity index (χ3v) is 5.24. The van der Waals surface area contributed by atoms with Crippen LogP contribution in [0.3, 0.4) is 0 Å². The van der Waals surface area contributed by atoms with Crippen molar-refractivity contribution < 1.29 is 9.59 Å². The fraction of sp³-hybridized carbons (Fsp3) is 0.421. The van der Waals surface area contributed by atoms with Gasteiger partial charge in [0.1, 0.15) is 0 Å². The second-order valence-corrected chi connectivity index (χ2v) is 7.38. The molecule has 138 valence electrons. The van der Waals surface area contributed by atoms with E-state index in [0.29, 0.717) is 10.7 Å². The molecule has 0 aliphatic carbocycles. The number of rotatable bonds is 6. The number of carbonyl (C=O) groups is 2. The molecule has 0 saturated carbocycles. The molecule has 0 atom stereocenters. The lowest BCUT2D eigenvalue weighted by atomic mass is 10.1. The largest absolute Gasteiger partial charge is 0.343 e. The van der Waals surface area contributed by atoms with Crippen molar-refractivity contribution in [2.24, 2.45) is 0 Å². The summed E-state index contributed by atoms with van der Waals surface area (Å²) < 4.78 is 0. The van der Waals surface area contributed by atoms with Gasteiger partial charge in [-0.15, -0.1) is 11.3 Å². The summed E-state index contributed by atoms with van der Waals surface area (Å²) in [6.07, 6.45) is 3.80. The van der Waals surface area contributed by atoms with E-state index in [-0.39, 0.29) is 18.4 Å². The van der Waals surface area contributed by atoms with Crippen LogP contribution in [-0.4, -0.2) is 41.3 Å². The normalized spacial score (nSPS) is 14.8. The molecule has 0 bridgehead atoms. The molecule has 2 N–H and O–H groups in total. The van der Waals surface area contributed by atoms with E-state index in [9.17, 15) is 9.59 Å². The van der Waals surface area contributed by atoms with E-state index in [1.807, 2.05) is 24.4 Å². The minimum absolute atomic E-state index is 0.0752. The van der Waals surface area contributed by atoms with Crippen LogP contribution in [0.25, 0.3) is 0 Å². The van der Waals surface area contributed by atoms with E-state index in [2.05, 4.69) is 20.5 Å². The van der Waals surface area contributed by atoms with Crippen LogP contribution in [0.5, 0.6) is 0 Å². The van der Waals surface area contributed by atoms with Crippen molar-refractivity contribution in [3.63, 3.8) is 0 Å². The fourth-order valence-electron chi connectivity index (χ4n) is 3.03. The van der Waals surface area contributed by atoms with E-state index < -0.39 is 0 Å². The first kappa shape index (κ1) is 18.5. The number of amides is 2. The Morgan fingerprint density at radius 1 is 1.19 bits per heavy atom. The number of aryl methyl sites for hydroxylation is 1. The third kappa shape index (κ3) is 5.12. The quantitative estimate of drug-likeness (QED) is 0.818. The van der Waals surface area contributed by atoms with Gasteiger partial charge >= 0.3 is 0 Å². The van der Waals surface area contributed by atoms with Crippen LogP contribution in [-0.2, 0) is 11.3 Å². The lowest BCUT2D eigenvalue weighted by molar-refractivity contribution is -0.115. The Hall–Kier alpha value is -2.25. The predicted octanol–water partition coefficient (Wildman–Crippen LogP) is 2.81. The van der Waals surface area contributed by atoms with Crippen LogP contribution in [0.15, 0.2) is 29.6 Å². The molecule has 6 nitrogen and oxygen atoms in total. The van der Waals surface area contributed by atoms with Crippen molar-refractivity contribution >= 4 is 28.3 Å². The van der Waals surface area contributed by atoms with Crippen LogP contribution in [0.1, 0.15) is 40.9 Å². The second kappa shape index (κ2) is 8.91. The number of thiazole rings is 1. The van der Waals surface area contributed by atoms with Gasteiger partial charge in [-0.2, -0.15) is 0 Å². The first-order chi connectivity index (χ1) is 12.6. The van der Waals surface area contributed by atoms with Crippen LogP contribution in [0.2, 0.25) is 0 Å². The maximum Gasteiger partial charge on any atom is 0.251 e. The molecule has 0 radical (unpaired) electrons. The highest BCUT2D eigenvalue weighted by Gasteiger charge is 2.14. The Morgan fingerprint density at radius 3 is 2.73 bits per heavy atom. The second-order valence-electron chi connectivity index (χ2n) is 6.53. The van der Waals surface area contributed by atoms with Crippen molar-refractivity contribution in [3.05, 3.63) is 46.5 Å². The molecule has 0 unspecified atom stereocenters. The zero-order chi connectivity index (χ0) is 18.4. The molecule has 1 fully saturated rings. The number of aromatic nitrogens is 1. The maximum absolute atomic E-state index is 12.1. The van der Waals surface area contributed by atoms with Crippen molar-refractivity contribution in [2.75, 3.05) is 25.0 Å². The summed E-state index contributed by atoms with van der Waals surface area (Å²) in [5.74, 6) is -0.519. The van der Waals surface area contributed by atoms with Crippen molar-refractivity contribution in [1.29, 1.82) is 0 Å². The Balaban J connectivity index is 1.46. The molecule has 1 saturated heterocycles. The van der Waals surface area contributed by atoms with Crippen molar-refractivity contribution in [1.82, 2.24) is 15.2 Å². The zero-order valence-corrected chi connectivity index (χ0v) is 15.8. The highest BCUT2D eigenvalue weighted by atomic mass is 32.1. The van der Waals surface area contributed by atoms with Gasteiger partial charge in [0.25, 0.3) is 5.91 Å². The summed E-state index contributed by atoms with van der Waals surface area (Å²) in [5.41, 5.74) is 2.45.